The van der Waals surface area contributed by atoms with Crippen molar-refractivity contribution in [2.45, 2.75) is 19.9 Å². The number of rotatable bonds is 6. The molecule has 126 valence electrons. The topological polar surface area (TPSA) is 64.0 Å². The van der Waals surface area contributed by atoms with Gasteiger partial charge in [0.05, 0.1) is 13.2 Å². The van der Waals surface area contributed by atoms with E-state index in [0.717, 1.165) is 32.6 Å². The van der Waals surface area contributed by atoms with E-state index >= 15 is 0 Å². The van der Waals surface area contributed by atoms with Crippen molar-refractivity contribution >= 4 is 5.97 Å². The highest BCUT2D eigenvalue weighted by Crippen LogP contribution is 2.42. The molecule has 2 saturated heterocycles. The lowest BCUT2D eigenvalue weighted by Crippen LogP contribution is -2.38. The van der Waals surface area contributed by atoms with Crippen molar-refractivity contribution in [1.82, 2.24) is 9.80 Å². The van der Waals surface area contributed by atoms with Gasteiger partial charge in [-0.3, -0.25) is 14.6 Å². The lowest BCUT2D eigenvalue weighted by molar-refractivity contribution is -0.138. The molecule has 2 unspecified atom stereocenters. The van der Waals surface area contributed by atoms with Gasteiger partial charge >= 0.3 is 5.97 Å². The van der Waals surface area contributed by atoms with Crippen LogP contribution in [-0.2, 0) is 17.8 Å². The number of aryl methyl sites for hydroxylation is 1. The maximum atomic E-state index is 10.9. The Kier molecular flexibility index (Phi) is 4.71. The number of carboxylic acids is 1. The average Bonchev–Trinajstić information content (AvgIpc) is 3.00. The molecule has 2 heterocycles. The number of hydrogen-bond acceptors (Lipinski definition) is 4. The average molecular weight is 318 g/mol. The number of likely N-dealkylation sites (tertiary alicyclic amines) is 2. The van der Waals surface area contributed by atoms with Gasteiger partial charge in [0, 0.05) is 38.1 Å². The van der Waals surface area contributed by atoms with Crippen LogP contribution in [0.2, 0.25) is 0 Å². The lowest BCUT2D eigenvalue weighted by atomic mass is 9.82. The number of aliphatic hydroxyl groups excluding tert-OH is 1. The minimum atomic E-state index is -0.785. The molecule has 0 spiro atoms. The van der Waals surface area contributed by atoms with E-state index in [4.69, 9.17) is 5.11 Å². The highest BCUT2D eigenvalue weighted by Gasteiger charge is 2.52. The first-order chi connectivity index (χ1) is 11.1. The van der Waals surface area contributed by atoms with Gasteiger partial charge in [0.25, 0.3) is 0 Å². The fraction of sp³-hybridized carbons (Fsp3) is 0.611. The molecular formula is C18H26N2O3. The number of benzene rings is 1. The molecule has 5 heteroatoms. The van der Waals surface area contributed by atoms with E-state index in [9.17, 15) is 9.90 Å². The molecule has 2 aliphatic rings. The molecule has 0 radical (unpaired) electrons. The maximum absolute atomic E-state index is 10.9. The zero-order chi connectivity index (χ0) is 16.4. The Hall–Kier alpha value is -1.43. The number of aliphatic hydroxyl groups is 1. The van der Waals surface area contributed by atoms with Crippen LogP contribution in [0.5, 0.6) is 0 Å². The molecule has 0 saturated carbocycles. The van der Waals surface area contributed by atoms with Crippen molar-refractivity contribution in [2.75, 3.05) is 39.3 Å². The largest absolute Gasteiger partial charge is 0.480 e. The first-order valence-corrected chi connectivity index (χ1v) is 8.40. The van der Waals surface area contributed by atoms with Crippen LogP contribution >= 0.6 is 0 Å². The van der Waals surface area contributed by atoms with Crippen LogP contribution in [0.15, 0.2) is 24.3 Å². The molecular weight excluding hydrogens is 292 g/mol. The third-order valence-electron chi connectivity index (χ3n) is 5.47. The standard InChI is InChI=1S/C18H26N2O3/c1-2-14-5-3-4-6-15(14)7-19-8-16-9-20(10-17(22)23)12-18(16,11-19)13-21/h3-6,16,21H,2,7-13H2,1H3,(H,22,23). The number of nitrogens with zero attached hydrogens (tertiary/aromatic N) is 2. The Labute approximate surface area is 137 Å². The zero-order valence-electron chi connectivity index (χ0n) is 13.7. The van der Waals surface area contributed by atoms with Crippen LogP contribution in [0, 0.1) is 11.3 Å². The van der Waals surface area contributed by atoms with E-state index in [1.165, 1.54) is 11.1 Å². The van der Waals surface area contributed by atoms with Gasteiger partial charge in [0.1, 0.15) is 0 Å². The lowest BCUT2D eigenvalue weighted by Gasteiger charge is -2.27. The van der Waals surface area contributed by atoms with Crippen molar-refractivity contribution in [1.29, 1.82) is 0 Å². The van der Waals surface area contributed by atoms with Gasteiger partial charge in [-0.1, -0.05) is 31.2 Å². The van der Waals surface area contributed by atoms with E-state index in [-0.39, 0.29) is 18.6 Å². The summed E-state index contributed by atoms with van der Waals surface area (Å²) in [5, 5.41) is 18.9. The summed E-state index contributed by atoms with van der Waals surface area (Å²) < 4.78 is 0. The van der Waals surface area contributed by atoms with Gasteiger partial charge in [-0.2, -0.15) is 0 Å². The van der Waals surface area contributed by atoms with Crippen molar-refractivity contribution in [3.63, 3.8) is 0 Å². The number of hydrogen-bond donors (Lipinski definition) is 2. The Morgan fingerprint density at radius 1 is 1.22 bits per heavy atom. The summed E-state index contributed by atoms with van der Waals surface area (Å²) in [5.74, 6) is -0.424. The molecule has 0 amide bonds. The molecule has 1 aromatic rings. The molecule has 2 N–H and O–H groups in total. The zero-order valence-corrected chi connectivity index (χ0v) is 13.7. The highest BCUT2D eigenvalue weighted by molar-refractivity contribution is 5.69. The van der Waals surface area contributed by atoms with Gasteiger partial charge in [-0.05, 0) is 23.5 Å². The van der Waals surface area contributed by atoms with Gasteiger partial charge in [0.15, 0.2) is 0 Å². The van der Waals surface area contributed by atoms with Crippen molar-refractivity contribution in [3.05, 3.63) is 35.4 Å². The summed E-state index contributed by atoms with van der Waals surface area (Å²) >= 11 is 0. The minimum absolute atomic E-state index is 0.0803. The molecule has 2 atom stereocenters. The monoisotopic (exact) mass is 318 g/mol. The van der Waals surface area contributed by atoms with E-state index < -0.39 is 5.97 Å². The Morgan fingerprint density at radius 3 is 2.48 bits per heavy atom. The number of fused-ring (bicyclic) bond motifs is 1. The summed E-state index contributed by atoms with van der Waals surface area (Å²) in [6.07, 6.45) is 1.03. The van der Waals surface area contributed by atoms with Crippen LogP contribution in [0.3, 0.4) is 0 Å². The van der Waals surface area contributed by atoms with E-state index in [2.05, 4.69) is 36.1 Å². The number of aliphatic carboxylic acids is 1. The van der Waals surface area contributed by atoms with E-state index in [1.807, 2.05) is 4.90 Å². The summed E-state index contributed by atoms with van der Waals surface area (Å²) in [6, 6.07) is 8.54. The van der Waals surface area contributed by atoms with Gasteiger partial charge in [-0.15, -0.1) is 0 Å². The maximum Gasteiger partial charge on any atom is 0.317 e. The summed E-state index contributed by atoms with van der Waals surface area (Å²) in [7, 11) is 0. The molecule has 1 aromatic carbocycles. The van der Waals surface area contributed by atoms with E-state index in [1.54, 1.807) is 0 Å². The molecule has 0 aliphatic carbocycles. The first kappa shape index (κ1) is 16.4. The van der Waals surface area contributed by atoms with Gasteiger partial charge in [-0.25, -0.2) is 0 Å². The van der Waals surface area contributed by atoms with Crippen LogP contribution in [0.1, 0.15) is 18.1 Å². The van der Waals surface area contributed by atoms with Gasteiger partial charge < -0.3 is 10.2 Å². The van der Waals surface area contributed by atoms with Crippen LogP contribution in [0.25, 0.3) is 0 Å². The molecule has 3 rings (SSSR count). The second kappa shape index (κ2) is 6.59. The number of carbonyl (C=O) groups is 1. The number of carboxylic acid groups (broad SMARTS) is 1. The second-order valence-electron chi connectivity index (χ2n) is 7.07. The second-order valence-corrected chi connectivity index (χ2v) is 7.07. The van der Waals surface area contributed by atoms with Crippen LogP contribution < -0.4 is 0 Å². The molecule has 2 fully saturated rings. The molecule has 23 heavy (non-hydrogen) atoms. The molecule has 0 bridgehead atoms. The van der Waals surface area contributed by atoms with Crippen LogP contribution in [0.4, 0.5) is 0 Å². The third kappa shape index (κ3) is 3.27. The Balaban J connectivity index is 1.68. The van der Waals surface area contributed by atoms with Gasteiger partial charge in [0.2, 0.25) is 0 Å². The quantitative estimate of drug-likeness (QED) is 0.821. The van der Waals surface area contributed by atoms with E-state index in [0.29, 0.717) is 12.5 Å². The molecule has 5 nitrogen and oxygen atoms in total. The minimum Gasteiger partial charge on any atom is -0.480 e. The predicted octanol–water partition coefficient (Wildman–Crippen LogP) is 1.06. The molecule has 2 aliphatic heterocycles. The third-order valence-corrected chi connectivity index (χ3v) is 5.47. The first-order valence-electron chi connectivity index (χ1n) is 8.40. The molecule has 0 aromatic heterocycles. The summed E-state index contributed by atoms with van der Waals surface area (Å²) in [6.45, 7) is 6.57. The van der Waals surface area contributed by atoms with Crippen LogP contribution in [-0.4, -0.2) is 65.3 Å². The Bertz CT molecular complexity index is 577. The van der Waals surface area contributed by atoms with Crippen molar-refractivity contribution in [3.8, 4) is 0 Å². The smallest absolute Gasteiger partial charge is 0.317 e. The normalized spacial score (nSPS) is 28.2. The summed E-state index contributed by atoms with van der Waals surface area (Å²) in [4.78, 5) is 15.3. The van der Waals surface area contributed by atoms with Crippen molar-refractivity contribution in [2.24, 2.45) is 11.3 Å². The fourth-order valence-corrected chi connectivity index (χ4v) is 4.36. The Morgan fingerprint density at radius 2 is 1.87 bits per heavy atom. The summed E-state index contributed by atoms with van der Waals surface area (Å²) in [5.41, 5.74) is 2.59. The highest BCUT2D eigenvalue weighted by atomic mass is 16.4. The SMILES string of the molecule is CCc1ccccc1CN1CC2CN(CC(=O)O)CC2(CO)C1. The predicted molar refractivity (Wildman–Crippen MR) is 88.2 cm³/mol. The fourth-order valence-electron chi connectivity index (χ4n) is 4.36. The van der Waals surface area contributed by atoms with Crippen molar-refractivity contribution < 1.29 is 15.0 Å².